The van der Waals surface area contributed by atoms with Gasteiger partial charge in [0.05, 0.1) is 0 Å². The highest BCUT2D eigenvalue weighted by Gasteiger charge is 2.37. The minimum Gasteiger partial charge on any atom is -0.343 e. The molecule has 1 N–H and O–H groups in total. The highest BCUT2D eigenvalue weighted by Crippen LogP contribution is 2.37. The Balaban J connectivity index is 0.00000243. The van der Waals surface area contributed by atoms with Crippen molar-refractivity contribution in [2.24, 2.45) is 5.41 Å². The van der Waals surface area contributed by atoms with Crippen molar-refractivity contribution in [3.05, 3.63) is 35.4 Å². The summed E-state index contributed by atoms with van der Waals surface area (Å²) >= 11 is 0. The number of nitrogens with zero attached hydrogens (tertiary/aromatic N) is 1. The van der Waals surface area contributed by atoms with E-state index in [4.69, 9.17) is 0 Å². The van der Waals surface area contributed by atoms with Gasteiger partial charge in [0.1, 0.15) is 0 Å². The summed E-state index contributed by atoms with van der Waals surface area (Å²) in [7, 11) is 0. The van der Waals surface area contributed by atoms with Crippen LogP contribution in [0.5, 0.6) is 0 Å². The summed E-state index contributed by atoms with van der Waals surface area (Å²) in [4.78, 5) is 26.7. The minimum absolute atomic E-state index is 0. The molecular formula is C21H31ClN2O2. The van der Waals surface area contributed by atoms with Crippen molar-refractivity contribution in [1.82, 2.24) is 10.2 Å². The number of nitrogens with one attached hydrogen (secondary N) is 1. The average molecular weight is 379 g/mol. The summed E-state index contributed by atoms with van der Waals surface area (Å²) in [5.74, 6) is 0.210. The van der Waals surface area contributed by atoms with Crippen LogP contribution in [0.25, 0.3) is 0 Å². The molecule has 2 aliphatic heterocycles. The molecule has 1 amide bonds. The molecule has 0 radical (unpaired) electrons. The molecule has 2 heterocycles. The van der Waals surface area contributed by atoms with E-state index in [0.717, 1.165) is 57.4 Å². The molecule has 26 heavy (non-hydrogen) atoms. The Kier molecular flexibility index (Phi) is 7.66. The van der Waals surface area contributed by atoms with Crippen LogP contribution >= 0.6 is 12.4 Å². The molecule has 0 aromatic heterocycles. The van der Waals surface area contributed by atoms with Crippen LogP contribution in [0.2, 0.25) is 0 Å². The fourth-order valence-corrected chi connectivity index (χ4v) is 4.12. The van der Waals surface area contributed by atoms with Gasteiger partial charge in [-0.15, -0.1) is 12.4 Å². The van der Waals surface area contributed by atoms with E-state index in [2.05, 4.69) is 12.2 Å². The molecular weight excluding hydrogens is 348 g/mol. The number of ketones is 1. The smallest absolute Gasteiger partial charge is 0.223 e. The molecule has 0 unspecified atom stereocenters. The van der Waals surface area contributed by atoms with Crippen LogP contribution in [0.4, 0.5) is 0 Å². The number of hydrogen-bond donors (Lipinski definition) is 1. The Morgan fingerprint density at radius 3 is 2.35 bits per heavy atom. The number of halogens is 1. The van der Waals surface area contributed by atoms with E-state index in [9.17, 15) is 9.59 Å². The first kappa shape index (κ1) is 20.9. The van der Waals surface area contributed by atoms with Crippen LogP contribution in [0, 0.1) is 5.41 Å². The van der Waals surface area contributed by atoms with Gasteiger partial charge in [0.15, 0.2) is 5.78 Å². The molecule has 5 heteroatoms. The molecule has 1 spiro atoms. The van der Waals surface area contributed by atoms with Crippen LogP contribution in [-0.4, -0.2) is 42.8 Å². The average Bonchev–Trinajstić information content (AvgIpc) is 3.09. The van der Waals surface area contributed by atoms with E-state index in [-0.39, 0.29) is 24.1 Å². The van der Waals surface area contributed by atoms with Crippen LogP contribution in [-0.2, 0) is 11.2 Å². The molecule has 4 nitrogen and oxygen atoms in total. The lowest BCUT2D eigenvalue weighted by Crippen LogP contribution is -2.44. The summed E-state index contributed by atoms with van der Waals surface area (Å²) < 4.78 is 0. The maximum absolute atomic E-state index is 12.4. The third kappa shape index (κ3) is 5.08. The second-order valence-electron chi connectivity index (χ2n) is 7.68. The Bertz CT molecular complexity index is 599. The van der Waals surface area contributed by atoms with E-state index < -0.39 is 0 Å². The third-order valence-corrected chi connectivity index (χ3v) is 5.89. The van der Waals surface area contributed by atoms with Crippen molar-refractivity contribution in [2.45, 2.75) is 51.9 Å². The number of amides is 1. The van der Waals surface area contributed by atoms with Crippen molar-refractivity contribution < 1.29 is 9.59 Å². The van der Waals surface area contributed by atoms with Crippen molar-refractivity contribution in [3.8, 4) is 0 Å². The van der Waals surface area contributed by atoms with Gasteiger partial charge < -0.3 is 10.2 Å². The van der Waals surface area contributed by atoms with Crippen LogP contribution in [0.15, 0.2) is 24.3 Å². The van der Waals surface area contributed by atoms with Crippen molar-refractivity contribution >= 4 is 24.1 Å². The second kappa shape index (κ2) is 9.52. The molecule has 2 saturated heterocycles. The number of rotatable bonds is 6. The number of piperidine rings is 1. The highest BCUT2D eigenvalue weighted by atomic mass is 35.5. The molecule has 1 aromatic rings. The number of Topliss-reactive ketones (excluding diaryl/α,β-unsaturated/α-hetero) is 1. The molecule has 2 fully saturated rings. The Morgan fingerprint density at radius 2 is 1.77 bits per heavy atom. The van der Waals surface area contributed by atoms with Crippen molar-refractivity contribution in [3.63, 3.8) is 0 Å². The van der Waals surface area contributed by atoms with Gasteiger partial charge in [0, 0.05) is 38.0 Å². The fraction of sp³-hybridized carbons (Fsp3) is 0.619. The molecule has 144 valence electrons. The van der Waals surface area contributed by atoms with E-state index in [1.165, 1.54) is 12.0 Å². The number of carbonyl (C=O) groups excluding carboxylic acids is 2. The lowest BCUT2D eigenvalue weighted by molar-refractivity contribution is -0.133. The van der Waals surface area contributed by atoms with Crippen molar-refractivity contribution in [1.29, 1.82) is 0 Å². The zero-order chi connectivity index (χ0) is 17.7. The molecule has 1 aromatic carbocycles. The van der Waals surface area contributed by atoms with Gasteiger partial charge in [-0.2, -0.15) is 0 Å². The van der Waals surface area contributed by atoms with Crippen LogP contribution in [0.1, 0.15) is 61.4 Å². The van der Waals surface area contributed by atoms with Gasteiger partial charge in [-0.3, -0.25) is 9.59 Å². The summed E-state index contributed by atoms with van der Waals surface area (Å²) in [5.41, 5.74) is 2.41. The predicted molar refractivity (Wildman–Crippen MR) is 107 cm³/mol. The summed E-state index contributed by atoms with van der Waals surface area (Å²) in [6.45, 7) is 6.05. The maximum atomic E-state index is 12.4. The first-order chi connectivity index (χ1) is 12.1. The van der Waals surface area contributed by atoms with Gasteiger partial charge in [-0.1, -0.05) is 37.6 Å². The fourth-order valence-electron chi connectivity index (χ4n) is 4.12. The highest BCUT2D eigenvalue weighted by molar-refractivity contribution is 5.98. The quantitative estimate of drug-likeness (QED) is 0.769. The van der Waals surface area contributed by atoms with E-state index >= 15 is 0 Å². The number of hydrogen-bond acceptors (Lipinski definition) is 3. The molecule has 0 saturated carbocycles. The third-order valence-electron chi connectivity index (χ3n) is 5.89. The normalized spacial score (nSPS) is 18.6. The standard InChI is InChI=1S/C21H30N2O2.ClH/c1-2-3-17-4-6-18(7-5-17)19(24)8-9-20(25)23-14-11-21(12-15-23)10-13-22-16-21;/h4-7,22H,2-3,8-16H2,1H3;1H. The minimum atomic E-state index is 0. The molecule has 0 atom stereocenters. The van der Waals surface area contributed by atoms with Crippen LogP contribution < -0.4 is 5.32 Å². The topological polar surface area (TPSA) is 49.4 Å². The SMILES string of the molecule is CCCc1ccc(C(=O)CCC(=O)N2CCC3(CCNC3)CC2)cc1.Cl. The Hall–Kier alpha value is -1.39. The Morgan fingerprint density at radius 1 is 1.08 bits per heavy atom. The van der Waals surface area contributed by atoms with Gasteiger partial charge in [0.2, 0.25) is 5.91 Å². The lowest BCUT2D eigenvalue weighted by Gasteiger charge is -2.39. The van der Waals surface area contributed by atoms with E-state index in [1.54, 1.807) is 0 Å². The van der Waals surface area contributed by atoms with E-state index in [1.807, 2.05) is 29.2 Å². The zero-order valence-electron chi connectivity index (χ0n) is 15.8. The Labute approximate surface area is 163 Å². The van der Waals surface area contributed by atoms with Gasteiger partial charge in [-0.05, 0) is 43.2 Å². The summed E-state index contributed by atoms with van der Waals surface area (Å²) in [6.07, 6.45) is 6.22. The number of aryl methyl sites for hydroxylation is 1. The van der Waals surface area contributed by atoms with Crippen molar-refractivity contribution in [2.75, 3.05) is 26.2 Å². The summed E-state index contributed by atoms with van der Waals surface area (Å²) in [6, 6.07) is 7.85. The number of benzene rings is 1. The molecule has 3 rings (SSSR count). The molecule has 0 bridgehead atoms. The number of likely N-dealkylation sites (tertiary alicyclic amines) is 1. The lowest BCUT2D eigenvalue weighted by atomic mass is 9.78. The molecule has 0 aliphatic carbocycles. The maximum Gasteiger partial charge on any atom is 0.223 e. The first-order valence-electron chi connectivity index (χ1n) is 9.72. The first-order valence-corrected chi connectivity index (χ1v) is 9.72. The molecule has 2 aliphatic rings. The van der Waals surface area contributed by atoms with Crippen LogP contribution in [0.3, 0.4) is 0 Å². The van der Waals surface area contributed by atoms with Gasteiger partial charge >= 0.3 is 0 Å². The van der Waals surface area contributed by atoms with Gasteiger partial charge in [-0.25, -0.2) is 0 Å². The summed E-state index contributed by atoms with van der Waals surface area (Å²) in [5, 5.41) is 3.45. The largest absolute Gasteiger partial charge is 0.343 e. The number of carbonyl (C=O) groups is 2. The second-order valence-corrected chi connectivity index (χ2v) is 7.68. The zero-order valence-corrected chi connectivity index (χ0v) is 16.6. The monoisotopic (exact) mass is 378 g/mol. The van der Waals surface area contributed by atoms with E-state index in [0.29, 0.717) is 18.3 Å². The van der Waals surface area contributed by atoms with Gasteiger partial charge in [0.25, 0.3) is 0 Å². The predicted octanol–water partition coefficient (Wildman–Crippen LogP) is 3.63.